The van der Waals surface area contributed by atoms with E-state index < -0.39 is 0 Å². The van der Waals surface area contributed by atoms with Gasteiger partial charge in [-0.2, -0.15) is 0 Å². The summed E-state index contributed by atoms with van der Waals surface area (Å²) in [6.45, 7) is 2.99. The SMILES string of the molecule is CCCNC(Cc1ccncc1Cl)c1cccc(F)c1. The molecule has 0 fully saturated rings. The number of aromatic nitrogens is 1. The fourth-order valence-electron chi connectivity index (χ4n) is 2.14. The molecular weight excluding hydrogens is 275 g/mol. The summed E-state index contributed by atoms with van der Waals surface area (Å²) in [4.78, 5) is 3.99. The van der Waals surface area contributed by atoms with Gasteiger partial charge in [0, 0.05) is 18.4 Å². The molecule has 0 aliphatic rings. The van der Waals surface area contributed by atoms with E-state index in [1.54, 1.807) is 24.5 Å². The molecule has 0 radical (unpaired) electrons. The van der Waals surface area contributed by atoms with Crippen LogP contribution < -0.4 is 5.32 Å². The summed E-state index contributed by atoms with van der Waals surface area (Å²) in [5, 5.41) is 4.09. The summed E-state index contributed by atoms with van der Waals surface area (Å²) >= 11 is 6.16. The quantitative estimate of drug-likeness (QED) is 0.865. The first-order valence-corrected chi connectivity index (χ1v) is 7.15. The lowest BCUT2D eigenvalue weighted by atomic mass is 9.99. The molecular formula is C16H18ClFN2. The molecule has 4 heteroatoms. The second kappa shape index (κ2) is 7.36. The van der Waals surface area contributed by atoms with Crippen LogP contribution in [0.1, 0.15) is 30.5 Å². The zero-order valence-electron chi connectivity index (χ0n) is 11.4. The van der Waals surface area contributed by atoms with Crippen LogP contribution in [-0.2, 0) is 6.42 Å². The number of hydrogen-bond donors (Lipinski definition) is 1. The minimum Gasteiger partial charge on any atom is -0.310 e. The van der Waals surface area contributed by atoms with E-state index in [0.717, 1.165) is 24.1 Å². The van der Waals surface area contributed by atoms with Crippen LogP contribution in [0.2, 0.25) is 5.02 Å². The number of halogens is 2. The third kappa shape index (κ3) is 4.02. The van der Waals surface area contributed by atoms with Gasteiger partial charge in [0.2, 0.25) is 0 Å². The van der Waals surface area contributed by atoms with Gasteiger partial charge in [0.15, 0.2) is 0 Å². The average Bonchev–Trinajstić information content (AvgIpc) is 2.45. The molecule has 1 aromatic carbocycles. The number of hydrogen-bond acceptors (Lipinski definition) is 2. The van der Waals surface area contributed by atoms with Gasteiger partial charge >= 0.3 is 0 Å². The third-order valence-electron chi connectivity index (χ3n) is 3.17. The number of pyridine rings is 1. The van der Waals surface area contributed by atoms with Gasteiger partial charge in [0.05, 0.1) is 5.02 Å². The Balaban J connectivity index is 2.21. The van der Waals surface area contributed by atoms with E-state index in [-0.39, 0.29) is 11.9 Å². The van der Waals surface area contributed by atoms with E-state index >= 15 is 0 Å². The molecule has 1 unspecified atom stereocenters. The van der Waals surface area contributed by atoms with Crippen molar-refractivity contribution in [3.05, 3.63) is 64.7 Å². The lowest BCUT2D eigenvalue weighted by Crippen LogP contribution is -2.24. The van der Waals surface area contributed by atoms with Crippen LogP contribution >= 0.6 is 11.6 Å². The minimum absolute atomic E-state index is 0.0468. The second-order valence-electron chi connectivity index (χ2n) is 4.73. The number of nitrogens with zero attached hydrogens (tertiary/aromatic N) is 1. The van der Waals surface area contributed by atoms with Crippen molar-refractivity contribution in [2.45, 2.75) is 25.8 Å². The number of benzene rings is 1. The Morgan fingerprint density at radius 2 is 2.20 bits per heavy atom. The second-order valence-corrected chi connectivity index (χ2v) is 5.14. The Bertz CT molecular complexity index is 560. The molecule has 1 N–H and O–H groups in total. The molecule has 20 heavy (non-hydrogen) atoms. The fraction of sp³-hybridized carbons (Fsp3) is 0.312. The maximum Gasteiger partial charge on any atom is 0.123 e. The maximum absolute atomic E-state index is 13.4. The lowest BCUT2D eigenvalue weighted by molar-refractivity contribution is 0.524. The largest absolute Gasteiger partial charge is 0.310 e. The fourth-order valence-corrected chi connectivity index (χ4v) is 2.34. The Morgan fingerprint density at radius 1 is 1.35 bits per heavy atom. The molecule has 0 saturated heterocycles. The van der Waals surface area contributed by atoms with Gasteiger partial charge in [-0.3, -0.25) is 4.98 Å². The third-order valence-corrected chi connectivity index (χ3v) is 3.51. The highest BCUT2D eigenvalue weighted by Crippen LogP contribution is 2.23. The standard InChI is InChI=1S/C16H18ClFN2/c1-2-7-20-16(13-4-3-5-14(18)9-13)10-12-6-8-19-11-15(12)17/h3-6,8-9,11,16,20H,2,7,10H2,1H3. The first kappa shape index (κ1) is 14.9. The summed E-state index contributed by atoms with van der Waals surface area (Å²) in [5.41, 5.74) is 1.95. The zero-order valence-corrected chi connectivity index (χ0v) is 12.2. The topological polar surface area (TPSA) is 24.9 Å². The predicted molar refractivity (Wildman–Crippen MR) is 80.4 cm³/mol. The molecule has 2 rings (SSSR count). The van der Waals surface area contributed by atoms with E-state index in [1.165, 1.54) is 6.07 Å². The van der Waals surface area contributed by atoms with Crippen molar-refractivity contribution in [2.24, 2.45) is 0 Å². The van der Waals surface area contributed by atoms with E-state index in [4.69, 9.17) is 11.6 Å². The van der Waals surface area contributed by atoms with Crippen molar-refractivity contribution in [3.8, 4) is 0 Å². The molecule has 0 saturated carbocycles. The molecule has 0 spiro atoms. The molecule has 1 heterocycles. The van der Waals surface area contributed by atoms with Crippen LogP contribution in [0.15, 0.2) is 42.7 Å². The highest BCUT2D eigenvalue weighted by Gasteiger charge is 2.14. The van der Waals surface area contributed by atoms with Crippen LogP contribution in [0.3, 0.4) is 0 Å². The normalized spacial score (nSPS) is 12.3. The average molecular weight is 293 g/mol. The molecule has 1 aromatic heterocycles. The van der Waals surface area contributed by atoms with Crippen molar-refractivity contribution in [1.82, 2.24) is 10.3 Å². The Morgan fingerprint density at radius 3 is 2.90 bits per heavy atom. The smallest absolute Gasteiger partial charge is 0.123 e. The Hall–Kier alpha value is -1.45. The highest BCUT2D eigenvalue weighted by atomic mass is 35.5. The van der Waals surface area contributed by atoms with Gasteiger partial charge in [-0.05, 0) is 48.7 Å². The zero-order chi connectivity index (χ0) is 14.4. The van der Waals surface area contributed by atoms with Gasteiger partial charge in [0.1, 0.15) is 5.82 Å². The first-order valence-electron chi connectivity index (χ1n) is 6.78. The molecule has 0 amide bonds. The number of nitrogens with one attached hydrogen (secondary N) is 1. The Labute approximate surface area is 124 Å². The molecule has 2 aromatic rings. The van der Waals surface area contributed by atoms with Crippen molar-refractivity contribution in [3.63, 3.8) is 0 Å². The van der Waals surface area contributed by atoms with Crippen molar-refractivity contribution < 1.29 is 4.39 Å². The van der Waals surface area contributed by atoms with Crippen LogP contribution in [0.4, 0.5) is 4.39 Å². The van der Waals surface area contributed by atoms with Gasteiger partial charge < -0.3 is 5.32 Å². The van der Waals surface area contributed by atoms with Gasteiger partial charge in [-0.25, -0.2) is 4.39 Å². The highest BCUT2D eigenvalue weighted by molar-refractivity contribution is 6.31. The molecule has 0 aliphatic carbocycles. The predicted octanol–water partition coefficient (Wildman–Crippen LogP) is 4.16. The van der Waals surface area contributed by atoms with Gasteiger partial charge in [-0.15, -0.1) is 0 Å². The summed E-state index contributed by atoms with van der Waals surface area (Å²) < 4.78 is 13.4. The molecule has 0 aliphatic heterocycles. The van der Waals surface area contributed by atoms with Gasteiger partial charge in [-0.1, -0.05) is 30.7 Å². The summed E-state index contributed by atoms with van der Waals surface area (Å²) in [7, 11) is 0. The minimum atomic E-state index is -0.216. The molecule has 0 bridgehead atoms. The van der Waals surface area contributed by atoms with Crippen LogP contribution in [0.5, 0.6) is 0 Å². The Kier molecular flexibility index (Phi) is 5.50. The van der Waals surface area contributed by atoms with Gasteiger partial charge in [0.25, 0.3) is 0 Å². The maximum atomic E-state index is 13.4. The van der Waals surface area contributed by atoms with Crippen molar-refractivity contribution in [2.75, 3.05) is 6.54 Å². The summed E-state index contributed by atoms with van der Waals surface area (Å²) in [6, 6.07) is 8.65. The summed E-state index contributed by atoms with van der Waals surface area (Å²) in [5.74, 6) is -0.216. The van der Waals surface area contributed by atoms with Crippen molar-refractivity contribution >= 4 is 11.6 Å². The van der Waals surface area contributed by atoms with E-state index in [2.05, 4.69) is 17.2 Å². The monoisotopic (exact) mass is 292 g/mol. The molecule has 106 valence electrons. The van der Waals surface area contributed by atoms with Crippen LogP contribution in [-0.4, -0.2) is 11.5 Å². The van der Waals surface area contributed by atoms with E-state index in [1.807, 2.05) is 12.1 Å². The number of rotatable bonds is 6. The van der Waals surface area contributed by atoms with Crippen LogP contribution in [0.25, 0.3) is 0 Å². The summed E-state index contributed by atoms with van der Waals surface area (Å²) in [6.07, 6.45) is 5.10. The lowest BCUT2D eigenvalue weighted by Gasteiger charge is -2.19. The van der Waals surface area contributed by atoms with Crippen LogP contribution in [0, 0.1) is 5.82 Å². The van der Waals surface area contributed by atoms with E-state index in [0.29, 0.717) is 11.4 Å². The van der Waals surface area contributed by atoms with E-state index in [9.17, 15) is 4.39 Å². The molecule has 1 atom stereocenters. The molecule has 2 nitrogen and oxygen atoms in total. The first-order chi connectivity index (χ1) is 9.70. The van der Waals surface area contributed by atoms with Crippen molar-refractivity contribution in [1.29, 1.82) is 0 Å².